The maximum Gasteiger partial charge on any atom is 0.309 e. The minimum absolute atomic E-state index is 0.0298. The number of hydrogen-bond donors (Lipinski definition) is 0. The fraction of sp³-hybridized carbons (Fsp3) is 0.938. The number of hydrogen-bond acceptors (Lipinski definition) is 8. The average molecular weight is 622 g/mol. The molecule has 0 aliphatic heterocycles. The maximum absolute atomic E-state index is 12.8. The maximum atomic E-state index is 12.8. The fourth-order valence-electron chi connectivity index (χ4n) is 4.64. The van der Waals surface area contributed by atoms with Crippen molar-refractivity contribution in [2.45, 2.75) is 142 Å². The minimum atomic E-state index is -4.61. The smallest absolute Gasteiger partial charge is 0.309 e. The predicted octanol–water partition coefficient (Wildman–Crippen LogP) is 7.35. The van der Waals surface area contributed by atoms with Gasteiger partial charge in [-0.3, -0.25) is 14.2 Å². The molecule has 2 atom stereocenters. The first-order valence-corrected chi connectivity index (χ1v) is 18.2. The molecule has 42 heavy (non-hydrogen) atoms. The van der Waals surface area contributed by atoms with Crippen LogP contribution in [-0.2, 0) is 32.7 Å². The summed E-state index contributed by atoms with van der Waals surface area (Å²) in [7, 11) is 1.16. The Hall–Kier alpha value is -0.990. The summed E-state index contributed by atoms with van der Waals surface area (Å²) in [6.45, 7) is 5.96. The van der Waals surface area contributed by atoms with E-state index in [9.17, 15) is 19.0 Å². The van der Waals surface area contributed by atoms with E-state index in [1.807, 2.05) is 35.0 Å². The zero-order valence-electron chi connectivity index (χ0n) is 27.9. The Labute approximate surface area is 257 Å². The molecule has 10 heteroatoms. The Bertz CT molecular complexity index is 722. The molecule has 0 aliphatic carbocycles. The summed E-state index contributed by atoms with van der Waals surface area (Å²) in [4.78, 5) is 37.4. The van der Waals surface area contributed by atoms with Crippen LogP contribution >= 0.6 is 7.82 Å². The molecule has 0 amide bonds. The summed E-state index contributed by atoms with van der Waals surface area (Å²) in [5.41, 5.74) is 0. The SMILES string of the molecule is CCCCCCCCCCCCCCCC(=O)OC[C@H](COP(=O)([O-])OCC[N+](C)(C)C)OC(=O)C(CCC)CCC. The second-order valence-electron chi connectivity index (χ2n) is 12.6. The van der Waals surface area contributed by atoms with Crippen molar-refractivity contribution >= 4 is 19.8 Å². The molecule has 0 rings (SSSR count). The summed E-state index contributed by atoms with van der Waals surface area (Å²) in [5.74, 6) is -1.10. The van der Waals surface area contributed by atoms with Gasteiger partial charge in [0.1, 0.15) is 19.8 Å². The highest BCUT2D eigenvalue weighted by Crippen LogP contribution is 2.38. The van der Waals surface area contributed by atoms with Crippen molar-refractivity contribution in [3.8, 4) is 0 Å². The van der Waals surface area contributed by atoms with E-state index in [1.165, 1.54) is 64.2 Å². The number of ether oxygens (including phenoxy) is 2. The normalized spacial score (nSPS) is 14.1. The predicted molar refractivity (Wildman–Crippen MR) is 167 cm³/mol. The number of rotatable bonds is 29. The van der Waals surface area contributed by atoms with E-state index in [4.69, 9.17) is 18.5 Å². The molecule has 0 fully saturated rings. The van der Waals surface area contributed by atoms with Crippen LogP contribution < -0.4 is 4.89 Å². The van der Waals surface area contributed by atoms with Gasteiger partial charge in [0.15, 0.2) is 6.10 Å². The third-order valence-electron chi connectivity index (χ3n) is 7.24. The third kappa shape index (κ3) is 25.5. The molecule has 0 aliphatic rings. The number of phosphoric ester groups is 1. The molecule has 0 spiro atoms. The van der Waals surface area contributed by atoms with Crippen LogP contribution in [-0.4, -0.2) is 70.0 Å². The largest absolute Gasteiger partial charge is 0.756 e. The number of quaternary nitrogens is 1. The van der Waals surface area contributed by atoms with Crippen LogP contribution in [0.2, 0.25) is 0 Å². The highest BCUT2D eigenvalue weighted by atomic mass is 31.2. The van der Waals surface area contributed by atoms with Crippen LogP contribution in [0.4, 0.5) is 0 Å². The first-order valence-electron chi connectivity index (χ1n) is 16.7. The number of nitrogens with zero attached hydrogens (tertiary/aromatic N) is 1. The van der Waals surface area contributed by atoms with Crippen LogP contribution in [0, 0.1) is 5.92 Å². The monoisotopic (exact) mass is 621 g/mol. The van der Waals surface area contributed by atoms with Gasteiger partial charge in [0, 0.05) is 6.42 Å². The van der Waals surface area contributed by atoms with Crippen molar-refractivity contribution in [1.29, 1.82) is 0 Å². The molecular formula is C32H64NO8P. The summed E-state index contributed by atoms with van der Waals surface area (Å²) in [5, 5.41) is 0. The van der Waals surface area contributed by atoms with Crippen molar-refractivity contribution < 1.29 is 42.1 Å². The summed E-state index contributed by atoms with van der Waals surface area (Å²) >= 11 is 0. The topological polar surface area (TPSA) is 111 Å². The van der Waals surface area contributed by atoms with Crippen molar-refractivity contribution in [2.24, 2.45) is 5.92 Å². The van der Waals surface area contributed by atoms with Crippen LogP contribution in [0.3, 0.4) is 0 Å². The second-order valence-corrected chi connectivity index (χ2v) is 14.0. The van der Waals surface area contributed by atoms with Crippen molar-refractivity contribution in [1.82, 2.24) is 0 Å². The molecule has 0 saturated heterocycles. The third-order valence-corrected chi connectivity index (χ3v) is 8.20. The molecule has 0 bridgehead atoms. The average Bonchev–Trinajstić information content (AvgIpc) is 2.91. The highest BCUT2D eigenvalue weighted by molar-refractivity contribution is 7.45. The number of likely N-dealkylation sites (N-methyl/N-ethyl adjacent to an activating group) is 1. The molecule has 250 valence electrons. The van der Waals surface area contributed by atoms with Gasteiger partial charge < -0.3 is 27.9 Å². The number of unbranched alkanes of at least 4 members (excludes halogenated alkanes) is 12. The van der Waals surface area contributed by atoms with Crippen molar-refractivity contribution in [3.05, 3.63) is 0 Å². The minimum Gasteiger partial charge on any atom is -0.756 e. The highest BCUT2D eigenvalue weighted by Gasteiger charge is 2.25. The van der Waals surface area contributed by atoms with E-state index in [0.717, 1.165) is 32.1 Å². The molecule has 0 saturated carbocycles. The van der Waals surface area contributed by atoms with Gasteiger partial charge >= 0.3 is 11.9 Å². The van der Waals surface area contributed by atoms with Crippen molar-refractivity contribution in [3.63, 3.8) is 0 Å². The molecule has 0 heterocycles. The Morgan fingerprint density at radius 3 is 1.69 bits per heavy atom. The Morgan fingerprint density at radius 2 is 1.21 bits per heavy atom. The first-order chi connectivity index (χ1) is 19.9. The molecule has 9 nitrogen and oxygen atoms in total. The zero-order chi connectivity index (χ0) is 31.7. The fourth-order valence-corrected chi connectivity index (χ4v) is 5.37. The number of carbonyl (C=O) groups is 2. The standard InChI is InChI=1S/C32H64NO8P/c1-7-10-11-12-13-14-15-16-17-18-19-20-21-24-31(34)38-27-30(41-32(35)29(22-8-2)23-9-3)28-40-42(36,37)39-26-25-33(4,5)6/h29-30H,7-28H2,1-6H3/t30-/m1/s1. The first kappa shape index (κ1) is 41.0. The molecule has 0 aromatic rings. The molecular weight excluding hydrogens is 557 g/mol. The molecule has 0 aromatic heterocycles. The lowest BCUT2D eigenvalue weighted by atomic mass is 9.98. The van der Waals surface area contributed by atoms with E-state index in [0.29, 0.717) is 23.9 Å². The lowest BCUT2D eigenvalue weighted by molar-refractivity contribution is -0.870. The molecule has 0 aromatic carbocycles. The lowest BCUT2D eigenvalue weighted by Gasteiger charge is -2.28. The van der Waals surface area contributed by atoms with Crippen LogP contribution in [0.5, 0.6) is 0 Å². The van der Waals surface area contributed by atoms with Gasteiger partial charge in [-0.2, -0.15) is 0 Å². The number of esters is 2. The summed E-state index contributed by atoms with van der Waals surface area (Å²) < 4.78 is 33.7. The van der Waals surface area contributed by atoms with E-state index < -0.39 is 26.5 Å². The van der Waals surface area contributed by atoms with Gasteiger partial charge in [0.05, 0.1) is 33.7 Å². The second kappa shape index (κ2) is 25.3. The van der Waals surface area contributed by atoms with E-state index in [1.54, 1.807) is 0 Å². The van der Waals surface area contributed by atoms with Crippen molar-refractivity contribution in [2.75, 3.05) is 47.5 Å². The Balaban J connectivity index is 4.51. The van der Waals surface area contributed by atoms with E-state index >= 15 is 0 Å². The van der Waals surface area contributed by atoms with Gasteiger partial charge in [0.2, 0.25) is 0 Å². The quantitative estimate of drug-likeness (QED) is 0.0369. The van der Waals surface area contributed by atoms with Gasteiger partial charge in [-0.1, -0.05) is 111 Å². The molecule has 1 unspecified atom stereocenters. The lowest BCUT2D eigenvalue weighted by Crippen LogP contribution is -2.37. The van der Waals surface area contributed by atoms with E-state index in [-0.39, 0.29) is 31.5 Å². The molecule has 0 N–H and O–H groups in total. The van der Waals surface area contributed by atoms with Crippen LogP contribution in [0.25, 0.3) is 0 Å². The van der Waals surface area contributed by atoms with Crippen LogP contribution in [0.1, 0.15) is 136 Å². The van der Waals surface area contributed by atoms with Gasteiger partial charge in [-0.05, 0) is 19.3 Å². The van der Waals surface area contributed by atoms with Crippen LogP contribution in [0.15, 0.2) is 0 Å². The Morgan fingerprint density at radius 1 is 0.714 bits per heavy atom. The van der Waals surface area contributed by atoms with Gasteiger partial charge in [0.25, 0.3) is 7.82 Å². The van der Waals surface area contributed by atoms with Gasteiger partial charge in [-0.15, -0.1) is 0 Å². The molecule has 0 radical (unpaired) electrons. The number of carbonyl (C=O) groups excluding carboxylic acids is 2. The summed E-state index contributed by atoms with van der Waals surface area (Å²) in [6, 6.07) is 0. The zero-order valence-corrected chi connectivity index (χ0v) is 28.8. The summed E-state index contributed by atoms with van der Waals surface area (Å²) in [6.07, 6.45) is 18.1. The Kier molecular flexibility index (Phi) is 24.8. The number of phosphoric acid groups is 1. The van der Waals surface area contributed by atoms with Gasteiger partial charge in [-0.25, -0.2) is 0 Å². The van der Waals surface area contributed by atoms with E-state index in [2.05, 4.69) is 6.92 Å².